The Labute approximate surface area is 122 Å². The van der Waals surface area contributed by atoms with Crippen LogP contribution in [0, 0.1) is 0 Å². The van der Waals surface area contributed by atoms with Crippen LogP contribution in [0.4, 0.5) is 0 Å². The fraction of sp³-hybridized carbons (Fsp3) is 0.357. The summed E-state index contributed by atoms with van der Waals surface area (Å²) in [5, 5.41) is 11.3. The first-order chi connectivity index (χ1) is 9.34. The monoisotopic (exact) mass is 294 g/mol. The van der Waals surface area contributed by atoms with E-state index in [4.69, 9.17) is 5.11 Å². The van der Waals surface area contributed by atoms with Gasteiger partial charge in [-0.2, -0.15) is 11.8 Å². The van der Waals surface area contributed by atoms with Gasteiger partial charge in [-0.1, -0.05) is 6.07 Å². The average molecular weight is 294 g/mol. The molecule has 0 atom stereocenters. The number of hydrogen-bond acceptors (Lipinski definition) is 4. The number of carboxylic acids is 1. The highest BCUT2D eigenvalue weighted by molar-refractivity contribution is 7.99. The molecule has 1 aromatic rings. The lowest BCUT2D eigenvalue weighted by molar-refractivity contribution is -0.131. The van der Waals surface area contributed by atoms with Gasteiger partial charge in [0.25, 0.3) is 5.91 Å². The van der Waals surface area contributed by atoms with Gasteiger partial charge in [-0.05, 0) is 37.8 Å². The normalized spacial score (nSPS) is 11.6. The molecule has 1 amide bonds. The number of nitrogens with one attached hydrogen (secondary N) is 1. The summed E-state index contributed by atoms with van der Waals surface area (Å²) in [6, 6.07) is 3.23. The quantitative estimate of drug-likeness (QED) is 0.785. The number of rotatable bonds is 6. The van der Waals surface area contributed by atoms with Gasteiger partial charge < -0.3 is 10.4 Å². The van der Waals surface area contributed by atoms with Crippen molar-refractivity contribution in [3.8, 4) is 0 Å². The number of aromatic nitrogens is 1. The van der Waals surface area contributed by atoms with E-state index in [1.807, 2.05) is 20.1 Å². The van der Waals surface area contributed by atoms with Crippen molar-refractivity contribution in [2.24, 2.45) is 0 Å². The van der Waals surface area contributed by atoms with Crippen molar-refractivity contribution in [3.05, 3.63) is 35.7 Å². The summed E-state index contributed by atoms with van der Waals surface area (Å²) in [6.07, 6.45) is 5.91. The highest BCUT2D eigenvalue weighted by Gasteiger charge is 2.17. The van der Waals surface area contributed by atoms with Crippen molar-refractivity contribution < 1.29 is 14.7 Å². The van der Waals surface area contributed by atoms with Crippen LogP contribution in [0.2, 0.25) is 0 Å². The molecule has 108 valence electrons. The Hall–Kier alpha value is -1.82. The predicted octanol–water partition coefficient (Wildman–Crippen LogP) is 2.05. The highest BCUT2D eigenvalue weighted by atomic mass is 32.2. The SMILES string of the molecule is CSC(C)(C)CNC(=O)c1ccc(/C=C/C(=O)O)cn1. The van der Waals surface area contributed by atoms with Gasteiger partial charge in [-0.25, -0.2) is 4.79 Å². The van der Waals surface area contributed by atoms with Gasteiger partial charge in [0.05, 0.1) is 0 Å². The summed E-state index contributed by atoms with van der Waals surface area (Å²) in [7, 11) is 0. The van der Waals surface area contributed by atoms with Crippen LogP contribution in [0.25, 0.3) is 6.08 Å². The Balaban J connectivity index is 2.64. The maximum Gasteiger partial charge on any atom is 0.328 e. The van der Waals surface area contributed by atoms with Crippen LogP contribution < -0.4 is 5.32 Å². The molecule has 1 heterocycles. The van der Waals surface area contributed by atoms with Gasteiger partial charge in [-0.15, -0.1) is 0 Å². The van der Waals surface area contributed by atoms with E-state index in [1.54, 1.807) is 23.9 Å². The number of thioether (sulfide) groups is 1. The second-order valence-electron chi connectivity index (χ2n) is 4.79. The molecule has 0 aliphatic carbocycles. The molecule has 0 aromatic carbocycles. The van der Waals surface area contributed by atoms with Crippen molar-refractivity contribution in [1.29, 1.82) is 0 Å². The molecule has 0 unspecified atom stereocenters. The van der Waals surface area contributed by atoms with Crippen molar-refractivity contribution in [2.75, 3.05) is 12.8 Å². The number of pyridine rings is 1. The fourth-order valence-corrected chi connectivity index (χ4v) is 1.48. The largest absolute Gasteiger partial charge is 0.478 e. The summed E-state index contributed by atoms with van der Waals surface area (Å²) in [6.45, 7) is 4.64. The summed E-state index contributed by atoms with van der Waals surface area (Å²) in [5.41, 5.74) is 0.947. The fourth-order valence-electron chi connectivity index (χ4n) is 1.26. The van der Waals surface area contributed by atoms with Crippen molar-refractivity contribution in [2.45, 2.75) is 18.6 Å². The molecule has 6 heteroatoms. The zero-order valence-electron chi connectivity index (χ0n) is 11.7. The Kier molecular flexibility index (Phi) is 5.76. The van der Waals surface area contributed by atoms with Crippen molar-refractivity contribution in [3.63, 3.8) is 0 Å². The maximum atomic E-state index is 11.9. The lowest BCUT2D eigenvalue weighted by Gasteiger charge is -2.21. The maximum absolute atomic E-state index is 11.9. The number of nitrogens with zero attached hydrogens (tertiary/aromatic N) is 1. The standard InChI is InChI=1S/C14H18N2O3S/c1-14(2,20-3)9-16-13(19)11-6-4-10(8-15-11)5-7-12(17)18/h4-8H,9H2,1-3H3,(H,16,19)(H,17,18)/b7-5+. The second kappa shape index (κ2) is 7.09. The van der Waals surface area contributed by atoms with E-state index in [0.717, 1.165) is 6.08 Å². The Morgan fingerprint density at radius 3 is 2.65 bits per heavy atom. The van der Waals surface area contributed by atoms with Gasteiger partial charge in [0, 0.05) is 23.6 Å². The zero-order chi connectivity index (χ0) is 15.2. The summed E-state index contributed by atoms with van der Waals surface area (Å²) >= 11 is 1.68. The van der Waals surface area contributed by atoms with E-state index in [0.29, 0.717) is 17.8 Å². The van der Waals surface area contributed by atoms with Gasteiger partial charge in [0.2, 0.25) is 0 Å². The third-order valence-corrected chi connectivity index (χ3v) is 3.91. The minimum Gasteiger partial charge on any atom is -0.478 e. The molecule has 0 saturated carbocycles. The van der Waals surface area contributed by atoms with E-state index in [-0.39, 0.29) is 10.7 Å². The molecule has 5 nitrogen and oxygen atoms in total. The smallest absolute Gasteiger partial charge is 0.328 e. The Morgan fingerprint density at radius 2 is 2.15 bits per heavy atom. The number of hydrogen-bond donors (Lipinski definition) is 2. The third kappa shape index (κ3) is 5.44. The number of aliphatic carboxylic acids is 1. The molecule has 0 fully saturated rings. The number of carboxylic acid groups (broad SMARTS) is 1. The molecular formula is C14H18N2O3S. The molecule has 0 aliphatic heterocycles. The molecule has 0 radical (unpaired) electrons. The van der Waals surface area contributed by atoms with Crippen LogP contribution in [-0.2, 0) is 4.79 Å². The van der Waals surface area contributed by atoms with E-state index >= 15 is 0 Å². The van der Waals surface area contributed by atoms with Gasteiger partial charge in [0.15, 0.2) is 0 Å². The minimum absolute atomic E-state index is 0.0280. The molecule has 0 spiro atoms. The summed E-state index contributed by atoms with van der Waals surface area (Å²) in [4.78, 5) is 26.3. The first-order valence-electron chi connectivity index (χ1n) is 6.04. The van der Waals surface area contributed by atoms with Crippen LogP contribution in [0.15, 0.2) is 24.4 Å². The molecule has 0 bridgehead atoms. The van der Waals surface area contributed by atoms with E-state index < -0.39 is 5.97 Å². The Bertz CT molecular complexity index is 510. The van der Waals surface area contributed by atoms with Gasteiger partial charge in [-0.3, -0.25) is 9.78 Å². The first-order valence-corrected chi connectivity index (χ1v) is 7.27. The summed E-state index contributed by atoms with van der Waals surface area (Å²) < 4.78 is -0.0280. The lowest BCUT2D eigenvalue weighted by atomic mass is 10.2. The molecular weight excluding hydrogens is 276 g/mol. The van der Waals surface area contributed by atoms with Gasteiger partial charge in [0.1, 0.15) is 5.69 Å². The van der Waals surface area contributed by atoms with Crippen molar-refractivity contribution in [1.82, 2.24) is 10.3 Å². The number of amides is 1. The minimum atomic E-state index is -1.02. The van der Waals surface area contributed by atoms with E-state index in [2.05, 4.69) is 10.3 Å². The highest BCUT2D eigenvalue weighted by Crippen LogP contribution is 2.19. The first kappa shape index (κ1) is 16.2. The van der Waals surface area contributed by atoms with Gasteiger partial charge >= 0.3 is 5.97 Å². The van der Waals surface area contributed by atoms with E-state index in [1.165, 1.54) is 12.3 Å². The molecule has 2 N–H and O–H groups in total. The lowest BCUT2D eigenvalue weighted by Crippen LogP contribution is -2.36. The predicted molar refractivity (Wildman–Crippen MR) is 80.8 cm³/mol. The molecule has 20 heavy (non-hydrogen) atoms. The van der Waals surface area contributed by atoms with Crippen LogP contribution >= 0.6 is 11.8 Å². The van der Waals surface area contributed by atoms with Crippen LogP contribution in [-0.4, -0.2) is 39.5 Å². The number of carbonyl (C=O) groups excluding carboxylic acids is 1. The molecule has 1 aromatic heterocycles. The zero-order valence-corrected chi connectivity index (χ0v) is 12.5. The topological polar surface area (TPSA) is 79.3 Å². The van der Waals surface area contributed by atoms with Crippen LogP contribution in [0.1, 0.15) is 29.9 Å². The Morgan fingerprint density at radius 1 is 1.45 bits per heavy atom. The van der Waals surface area contributed by atoms with Crippen molar-refractivity contribution >= 4 is 29.7 Å². The van der Waals surface area contributed by atoms with Crippen LogP contribution in [0.3, 0.4) is 0 Å². The average Bonchev–Trinajstić information content (AvgIpc) is 2.43. The third-order valence-electron chi connectivity index (χ3n) is 2.66. The molecule has 1 rings (SSSR count). The summed E-state index contributed by atoms with van der Waals surface area (Å²) in [5.74, 6) is -1.26. The second-order valence-corrected chi connectivity index (χ2v) is 6.31. The molecule has 0 aliphatic rings. The van der Waals surface area contributed by atoms with Crippen LogP contribution in [0.5, 0.6) is 0 Å². The number of carbonyl (C=O) groups is 2. The van der Waals surface area contributed by atoms with E-state index in [9.17, 15) is 9.59 Å². The molecule has 0 saturated heterocycles.